The molecule has 76 valence electrons. The number of amides is 1. The Morgan fingerprint density at radius 1 is 1.36 bits per heavy atom. The molecule has 0 unspecified atom stereocenters. The van der Waals surface area contributed by atoms with E-state index in [1.54, 1.807) is 7.11 Å². The minimum absolute atomic E-state index is 0.399. The van der Waals surface area contributed by atoms with Crippen molar-refractivity contribution in [2.75, 3.05) is 14.2 Å². The molecule has 14 heavy (non-hydrogen) atoms. The Morgan fingerprint density at radius 3 is 2.71 bits per heavy atom. The Kier molecular flexibility index (Phi) is 3.79. The summed E-state index contributed by atoms with van der Waals surface area (Å²) in [4.78, 5) is 10.8. The van der Waals surface area contributed by atoms with Crippen molar-refractivity contribution >= 4 is 6.09 Å². The summed E-state index contributed by atoms with van der Waals surface area (Å²) in [5.74, 6) is 0.754. The first-order valence-electron chi connectivity index (χ1n) is 4.21. The lowest BCUT2D eigenvalue weighted by molar-refractivity contribution is 0.170. The molecule has 0 saturated heterocycles. The fourth-order valence-corrected chi connectivity index (χ4v) is 1.09. The second kappa shape index (κ2) is 5.11. The molecule has 0 spiro atoms. The number of carbonyl (C=O) groups excluding carboxylic acids is 1. The second-order valence-corrected chi connectivity index (χ2v) is 2.66. The number of rotatable bonds is 3. The van der Waals surface area contributed by atoms with Crippen molar-refractivity contribution in [3.8, 4) is 5.75 Å². The average molecular weight is 195 g/mol. The lowest BCUT2D eigenvalue weighted by Crippen LogP contribution is -2.22. The first-order chi connectivity index (χ1) is 6.77. The Bertz CT molecular complexity index is 312. The molecular formula is C10H13NO3. The maximum absolute atomic E-state index is 10.8. The highest BCUT2D eigenvalue weighted by atomic mass is 16.5. The van der Waals surface area contributed by atoms with Crippen molar-refractivity contribution in [1.29, 1.82) is 0 Å². The van der Waals surface area contributed by atoms with E-state index in [2.05, 4.69) is 10.1 Å². The molecule has 1 aromatic carbocycles. The minimum Gasteiger partial charge on any atom is -0.496 e. The zero-order valence-electron chi connectivity index (χ0n) is 8.24. The third kappa shape index (κ3) is 2.65. The van der Waals surface area contributed by atoms with Crippen LogP contribution in [0.3, 0.4) is 0 Å². The van der Waals surface area contributed by atoms with Crippen LogP contribution in [0.4, 0.5) is 4.79 Å². The molecule has 0 aromatic heterocycles. The van der Waals surface area contributed by atoms with Gasteiger partial charge in [-0.15, -0.1) is 0 Å². The summed E-state index contributed by atoms with van der Waals surface area (Å²) in [5, 5.41) is 2.58. The zero-order valence-corrected chi connectivity index (χ0v) is 8.24. The van der Waals surface area contributed by atoms with Crippen molar-refractivity contribution in [3.05, 3.63) is 29.8 Å². The van der Waals surface area contributed by atoms with Crippen LogP contribution in [-0.4, -0.2) is 20.3 Å². The Balaban J connectivity index is 2.61. The van der Waals surface area contributed by atoms with Gasteiger partial charge in [-0.1, -0.05) is 18.2 Å². The predicted octanol–water partition coefficient (Wildman–Crippen LogP) is 1.55. The van der Waals surface area contributed by atoms with Crippen LogP contribution in [0.1, 0.15) is 5.56 Å². The molecule has 0 saturated carbocycles. The molecule has 0 aliphatic rings. The molecule has 4 nitrogen and oxygen atoms in total. The van der Waals surface area contributed by atoms with Gasteiger partial charge in [0.1, 0.15) is 5.75 Å². The van der Waals surface area contributed by atoms with Gasteiger partial charge in [0.2, 0.25) is 0 Å². The van der Waals surface area contributed by atoms with Gasteiger partial charge >= 0.3 is 6.09 Å². The van der Waals surface area contributed by atoms with E-state index in [1.165, 1.54) is 7.11 Å². The molecule has 1 amide bonds. The molecule has 0 aliphatic heterocycles. The minimum atomic E-state index is -0.448. The fraction of sp³-hybridized carbons (Fsp3) is 0.300. The first kappa shape index (κ1) is 10.4. The highest BCUT2D eigenvalue weighted by molar-refractivity contribution is 5.67. The highest BCUT2D eigenvalue weighted by Crippen LogP contribution is 2.16. The van der Waals surface area contributed by atoms with Gasteiger partial charge < -0.3 is 14.8 Å². The fourth-order valence-electron chi connectivity index (χ4n) is 1.09. The van der Waals surface area contributed by atoms with Crippen LogP contribution in [0, 0.1) is 0 Å². The monoisotopic (exact) mass is 195 g/mol. The third-order valence-corrected chi connectivity index (χ3v) is 1.80. The van der Waals surface area contributed by atoms with Gasteiger partial charge in [-0.25, -0.2) is 4.79 Å². The first-order valence-corrected chi connectivity index (χ1v) is 4.21. The lowest BCUT2D eigenvalue weighted by Gasteiger charge is -2.08. The smallest absolute Gasteiger partial charge is 0.407 e. The van der Waals surface area contributed by atoms with Crippen LogP contribution in [-0.2, 0) is 11.3 Å². The molecule has 0 bridgehead atoms. The van der Waals surface area contributed by atoms with Crippen molar-refractivity contribution < 1.29 is 14.3 Å². The summed E-state index contributed by atoms with van der Waals surface area (Å²) in [6.07, 6.45) is -0.448. The molecule has 0 heterocycles. The molecule has 1 aromatic rings. The van der Waals surface area contributed by atoms with Crippen molar-refractivity contribution in [2.24, 2.45) is 0 Å². The van der Waals surface area contributed by atoms with Crippen molar-refractivity contribution in [1.82, 2.24) is 5.32 Å². The second-order valence-electron chi connectivity index (χ2n) is 2.66. The maximum atomic E-state index is 10.8. The summed E-state index contributed by atoms with van der Waals surface area (Å²) in [6, 6.07) is 7.49. The van der Waals surface area contributed by atoms with E-state index in [9.17, 15) is 4.79 Å². The SMILES string of the molecule is COC(=O)NCc1ccccc1OC. The number of carbonyl (C=O) groups is 1. The zero-order chi connectivity index (χ0) is 10.4. The van der Waals surface area contributed by atoms with Gasteiger partial charge in [0.05, 0.1) is 14.2 Å². The van der Waals surface area contributed by atoms with Crippen LogP contribution in [0.15, 0.2) is 24.3 Å². The van der Waals surface area contributed by atoms with Gasteiger partial charge in [0.15, 0.2) is 0 Å². The standard InChI is InChI=1S/C10H13NO3/c1-13-9-6-4-3-5-8(9)7-11-10(12)14-2/h3-6H,7H2,1-2H3,(H,11,12). The quantitative estimate of drug-likeness (QED) is 0.796. The number of para-hydroxylation sites is 1. The Morgan fingerprint density at radius 2 is 2.07 bits per heavy atom. The van der Waals surface area contributed by atoms with Crippen LogP contribution in [0.2, 0.25) is 0 Å². The topological polar surface area (TPSA) is 47.6 Å². The van der Waals surface area contributed by atoms with Crippen LogP contribution in [0.5, 0.6) is 5.75 Å². The molecule has 1 rings (SSSR count). The summed E-state index contributed by atoms with van der Waals surface area (Å²) in [7, 11) is 2.93. The van der Waals surface area contributed by atoms with Crippen molar-refractivity contribution in [2.45, 2.75) is 6.54 Å². The number of hydrogen-bond acceptors (Lipinski definition) is 3. The van der Waals surface area contributed by atoms with Gasteiger partial charge in [-0.05, 0) is 6.07 Å². The number of alkyl carbamates (subject to hydrolysis) is 1. The van der Waals surface area contributed by atoms with Gasteiger partial charge in [0, 0.05) is 12.1 Å². The molecule has 0 aliphatic carbocycles. The van der Waals surface area contributed by atoms with Gasteiger partial charge in [-0.3, -0.25) is 0 Å². The Hall–Kier alpha value is -1.71. The molecule has 0 fully saturated rings. The van der Waals surface area contributed by atoms with E-state index in [4.69, 9.17) is 4.74 Å². The van der Waals surface area contributed by atoms with E-state index >= 15 is 0 Å². The molecule has 0 radical (unpaired) electrons. The molecule has 0 atom stereocenters. The number of methoxy groups -OCH3 is 2. The van der Waals surface area contributed by atoms with Crippen LogP contribution >= 0.6 is 0 Å². The van der Waals surface area contributed by atoms with Gasteiger partial charge in [-0.2, -0.15) is 0 Å². The van der Waals surface area contributed by atoms with Crippen LogP contribution < -0.4 is 10.1 Å². The average Bonchev–Trinajstić information content (AvgIpc) is 2.26. The van der Waals surface area contributed by atoms with Crippen molar-refractivity contribution in [3.63, 3.8) is 0 Å². The lowest BCUT2D eigenvalue weighted by atomic mass is 10.2. The summed E-state index contributed by atoms with van der Waals surface area (Å²) in [6.45, 7) is 0.399. The molecule has 1 N–H and O–H groups in total. The number of hydrogen-bond donors (Lipinski definition) is 1. The van der Waals surface area contributed by atoms with E-state index < -0.39 is 6.09 Å². The van der Waals surface area contributed by atoms with E-state index in [0.717, 1.165) is 11.3 Å². The van der Waals surface area contributed by atoms with E-state index in [0.29, 0.717) is 6.54 Å². The molecule has 4 heteroatoms. The third-order valence-electron chi connectivity index (χ3n) is 1.80. The number of nitrogens with one attached hydrogen (secondary N) is 1. The van der Waals surface area contributed by atoms with Crippen LogP contribution in [0.25, 0.3) is 0 Å². The molecular weight excluding hydrogens is 182 g/mol. The van der Waals surface area contributed by atoms with E-state index in [1.807, 2.05) is 24.3 Å². The maximum Gasteiger partial charge on any atom is 0.407 e. The number of benzene rings is 1. The van der Waals surface area contributed by atoms with E-state index in [-0.39, 0.29) is 0 Å². The largest absolute Gasteiger partial charge is 0.496 e. The normalized spacial score (nSPS) is 9.29. The summed E-state index contributed by atoms with van der Waals surface area (Å²) >= 11 is 0. The van der Waals surface area contributed by atoms with Gasteiger partial charge in [0.25, 0.3) is 0 Å². The highest BCUT2D eigenvalue weighted by Gasteiger charge is 2.03. The summed E-state index contributed by atoms with van der Waals surface area (Å²) < 4.78 is 9.57. The predicted molar refractivity (Wildman–Crippen MR) is 52.2 cm³/mol. The number of ether oxygens (including phenoxy) is 2. The summed E-state index contributed by atoms with van der Waals surface area (Å²) in [5.41, 5.74) is 0.917. The Labute approximate surface area is 82.8 Å².